The lowest BCUT2D eigenvalue weighted by atomic mass is 9.94. The van der Waals surface area contributed by atoms with Crippen molar-refractivity contribution in [1.82, 2.24) is 24.8 Å². The predicted octanol–water partition coefficient (Wildman–Crippen LogP) is 2.89. The molecule has 0 spiro atoms. The minimum atomic E-state index is -0.351. The van der Waals surface area contributed by atoms with Gasteiger partial charge in [-0.15, -0.1) is 0 Å². The third-order valence-electron chi connectivity index (χ3n) is 6.69. The number of amides is 2. The molecule has 1 aromatic heterocycles. The summed E-state index contributed by atoms with van der Waals surface area (Å²) in [5, 5.41) is 4.06. The Hall–Kier alpha value is -2.81. The molecule has 9 heteroatoms. The molecular formula is C24H32FN5O3. The molecule has 4 rings (SSSR count). The van der Waals surface area contributed by atoms with Crippen molar-refractivity contribution in [3.63, 3.8) is 0 Å². The maximum atomic E-state index is 13.1. The van der Waals surface area contributed by atoms with Crippen LogP contribution >= 0.6 is 0 Å². The average molecular weight is 458 g/mol. The first-order valence-electron chi connectivity index (χ1n) is 11.8. The molecule has 8 nitrogen and oxygen atoms in total. The van der Waals surface area contributed by atoms with Crippen LogP contribution in [0.2, 0.25) is 0 Å². The predicted molar refractivity (Wildman–Crippen MR) is 120 cm³/mol. The summed E-state index contributed by atoms with van der Waals surface area (Å²) in [5.74, 6) is 0.774. The van der Waals surface area contributed by atoms with Gasteiger partial charge in [0.25, 0.3) is 5.91 Å². The van der Waals surface area contributed by atoms with Crippen LogP contribution in [0, 0.1) is 5.82 Å². The normalized spacial score (nSPS) is 17.8. The van der Waals surface area contributed by atoms with Gasteiger partial charge in [0.1, 0.15) is 5.82 Å². The Morgan fingerprint density at radius 1 is 1.09 bits per heavy atom. The zero-order chi connectivity index (χ0) is 23.2. The summed E-state index contributed by atoms with van der Waals surface area (Å²) >= 11 is 0. The molecule has 1 aliphatic heterocycles. The molecule has 0 N–H and O–H groups in total. The first-order chi connectivity index (χ1) is 16.0. The van der Waals surface area contributed by atoms with E-state index in [1.54, 1.807) is 4.90 Å². The molecule has 1 aliphatic carbocycles. The summed E-state index contributed by atoms with van der Waals surface area (Å²) in [4.78, 5) is 35.4. The zero-order valence-electron chi connectivity index (χ0n) is 19.2. The molecule has 1 aromatic carbocycles. The van der Waals surface area contributed by atoms with E-state index in [1.165, 1.54) is 43.5 Å². The Bertz CT molecular complexity index is 934. The highest BCUT2D eigenvalue weighted by atomic mass is 19.1. The van der Waals surface area contributed by atoms with E-state index >= 15 is 0 Å². The Labute approximate surface area is 193 Å². The van der Waals surface area contributed by atoms with Crippen LogP contribution in [0.3, 0.4) is 0 Å². The summed E-state index contributed by atoms with van der Waals surface area (Å²) in [6, 6.07) is 6.00. The van der Waals surface area contributed by atoms with Crippen molar-refractivity contribution in [2.45, 2.75) is 57.5 Å². The number of halogens is 1. The van der Waals surface area contributed by atoms with Gasteiger partial charge in [-0.1, -0.05) is 24.4 Å². The highest BCUT2D eigenvalue weighted by Gasteiger charge is 2.24. The first kappa shape index (κ1) is 23.4. The minimum absolute atomic E-state index is 0.0839. The molecule has 2 aliphatic rings. The molecule has 0 atom stereocenters. The van der Waals surface area contributed by atoms with Crippen LogP contribution in [0.25, 0.3) is 0 Å². The number of aromatic nitrogens is 2. The van der Waals surface area contributed by atoms with Crippen LogP contribution in [0.5, 0.6) is 0 Å². The van der Waals surface area contributed by atoms with Crippen molar-refractivity contribution in [3.05, 3.63) is 47.4 Å². The van der Waals surface area contributed by atoms with E-state index < -0.39 is 0 Å². The van der Waals surface area contributed by atoms with Gasteiger partial charge in [0.2, 0.25) is 11.8 Å². The van der Waals surface area contributed by atoms with E-state index in [4.69, 9.17) is 4.52 Å². The van der Waals surface area contributed by atoms with Gasteiger partial charge in [0.15, 0.2) is 5.82 Å². The van der Waals surface area contributed by atoms with E-state index in [2.05, 4.69) is 15.0 Å². The number of hydrogen-bond donors (Lipinski definition) is 0. The molecule has 178 valence electrons. The fraction of sp³-hybridized carbons (Fsp3) is 0.583. The lowest BCUT2D eigenvalue weighted by molar-refractivity contribution is -0.132. The summed E-state index contributed by atoms with van der Waals surface area (Å²) in [6.45, 7) is 3.10. The highest BCUT2D eigenvalue weighted by molar-refractivity contribution is 5.94. The zero-order valence-corrected chi connectivity index (χ0v) is 19.2. The van der Waals surface area contributed by atoms with Gasteiger partial charge >= 0.3 is 0 Å². The van der Waals surface area contributed by atoms with Crippen molar-refractivity contribution < 1.29 is 18.5 Å². The molecule has 0 radical (unpaired) electrons. The van der Waals surface area contributed by atoms with E-state index in [0.717, 1.165) is 12.8 Å². The standard InChI is InChI=1S/C24H32FN5O3/c1-28(20-5-3-2-4-6-20)23(31)12-11-22-26-21(27-33-22)17-29-13-15-30(16-14-29)24(32)18-7-9-19(25)10-8-18/h7-10,20H,2-6,11-17H2,1H3. The third kappa shape index (κ3) is 6.16. The average Bonchev–Trinajstić information content (AvgIpc) is 3.30. The smallest absolute Gasteiger partial charge is 0.253 e. The van der Waals surface area contributed by atoms with Gasteiger partial charge in [0.05, 0.1) is 6.54 Å². The topological polar surface area (TPSA) is 82.8 Å². The van der Waals surface area contributed by atoms with Gasteiger partial charge < -0.3 is 14.3 Å². The lowest BCUT2D eigenvalue weighted by Crippen LogP contribution is -2.48. The largest absolute Gasteiger partial charge is 0.343 e. The Morgan fingerprint density at radius 3 is 2.48 bits per heavy atom. The van der Waals surface area contributed by atoms with Crippen molar-refractivity contribution in [2.75, 3.05) is 33.2 Å². The fourth-order valence-electron chi connectivity index (χ4n) is 4.60. The maximum Gasteiger partial charge on any atom is 0.253 e. The van der Waals surface area contributed by atoms with E-state index in [-0.39, 0.29) is 17.6 Å². The second-order valence-electron chi connectivity index (χ2n) is 8.98. The molecule has 1 saturated heterocycles. The molecular weight excluding hydrogens is 425 g/mol. The van der Waals surface area contributed by atoms with Gasteiger partial charge in [-0.25, -0.2) is 4.39 Å². The maximum absolute atomic E-state index is 13.1. The molecule has 2 fully saturated rings. The van der Waals surface area contributed by atoms with Crippen LogP contribution in [-0.2, 0) is 17.8 Å². The van der Waals surface area contributed by atoms with Crippen molar-refractivity contribution in [1.29, 1.82) is 0 Å². The van der Waals surface area contributed by atoms with E-state index in [0.29, 0.717) is 68.9 Å². The summed E-state index contributed by atoms with van der Waals surface area (Å²) in [6.07, 6.45) is 6.67. The fourth-order valence-corrected chi connectivity index (χ4v) is 4.60. The Balaban J connectivity index is 1.20. The minimum Gasteiger partial charge on any atom is -0.343 e. The number of carbonyl (C=O) groups is 2. The Kier molecular flexibility index (Phi) is 7.69. The number of nitrogens with zero attached hydrogens (tertiary/aromatic N) is 5. The summed E-state index contributed by atoms with van der Waals surface area (Å²) in [5.41, 5.74) is 0.497. The number of piperazine rings is 1. The number of aryl methyl sites for hydroxylation is 1. The van der Waals surface area contributed by atoms with E-state index in [1.807, 2.05) is 11.9 Å². The molecule has 0 unspecified atom stereocenters. The summed E-state index contributed by atoms with van der Waals surface area (Å²) in [7, 11) is 1.90. The lowest BCUT2D eigenvalue weighted by Gasteiger charge is -2.34. The molecule has 2 heterocycles. The number of hydrogen-bond acceptors (Lipinski definition) is 6. The van der Waals surface area contributed by atoms with Crippen molar-refractivity contribution in [2.24, 2.45) is 0 Å². The molecule has 33 heavy (non-hydrogen) atoms. The third-order valence-corrected chi connectivity index (χ3v) is 6.69. The summed E-state index contributed by atoms with van der Waals surface area (Å²) < 4.78 is 18.4. The highest BCUT2D eigenvalue weighted by Crippen LogP contribution is 2.22. The van der Waals surface area contributed by atoms with Gasteiger partial charge in [-0.3, -0.25) is 14.5 Å². The number of rotatable bonds is 7. The van der Waals surface area contributed by atoms with Crippen LogP contribution in [-0.4, -0.2) is 75.9 Å². The molecule has 0 bridgehead atoms. The van der Waals surface area contributed by atoms with E-state index in [9.17, 15) is 14.0 Å². The van der Waals surface area contributed by atoms with Gasteiger partial charge in [-0.2, -0.15) is 4.98 Å². The second kappa shape index (κ2) is 10.9. The quantitative estimate of drug-likeness (QED) is 0.636. The Morgan fingerprint density at radius 2 is 1.79 bits per heavy atom. The monoisotopic (exact) mass is 457 g/mol. The SMILES string of the molecule is CN(C(=O)CCc1nc(CN2CCN(C(=O)c3ccc(F)cc3)CC2)no1)C1CCCCC1. The second-order valence-corrected chi connectivity index (χ2v) is 8.98. The van der Waals surface area contributed by atoms with Gasteiger partial charge in [0, 0.05) is 57.7 Å². The van der Waals surface area contributed by atoms with Crippen LogP contribution in [0.4, 0.5) is 4.39 Å². The molecule has 1 saturated carbocycles. The van der Waals surface area contributed by atoms with Crippen LogP contribution < -0.4 is 0 Å². The number of benzene rings is 1. The van der Waals surface area contributed by atoms with Crippen LogP contribution in [0.1, 0.15) is 60.6 Å². The van der Waals surface area contributed by atoms with Crippen molar-refractivity contribution >= 4 is 11.8 Å². The van der Waals surface area contributed by atoms with Crippen LogP contribution in [0.15, 0.2) is 28.8 Å². The van der Waals surface area contributed by atoms with Gasteiger partial charge in [-0.05, 0) is 37.1 Å². The van der Waals surface area contributed by atoms with Crippen molar-refractivity contribution in [3.8, 4) is 0 Å². The number of carbonyl (C=O) groups excluding carboxylic acids is 2. The molecule has 2 amide bonds. The molecule has 2 aromatic rings. The first-order valence-corrected chi connectivity index (χ1v) is 11.8.